The molecule has 0 spiro atoms. The van der Waals surface area contributed by atoms with Crippen LogP contribution in [0.1, 0.15) is 22.2 Å². The fourth-order valence-corrected chi connectivity index (χ4v) is 2.85. The molecule has 17 heavy (non-hydrogen) atoms. The maximum absolute atomic E-state index is 5.41. The van der Waals surface area contributed by atoms with E-state index in [4.69, 9.17) is 4.74 Å². The van der Waals surface area contributed by atoms with Crippen LogP contribution in [0.3, 0.4) is 0 Å². The number of ether oxygens (including phenoxy) is 1. The predicted octanol–water partition coefficient (Wildman–Crippen LogP) is 2.77. The number of benzene rings is 1. The molecule has 0 saturated heterocycles. The van der Waals surface area contributed by atoms with Gasteiger partial charge in [0, 0.05) is 10.4 Å². The maximum Gasteiger partial charge on any atom is 0.124 e. The van der Waals surface area contributed by atoms with E-state index < -0.39 is 0 Å². The van der Waals surface area contributed by atoms with Gasteiger partial charge >= 0.3 is 0 Å². The van der Waals surface area contributed by atoms with Crippen molar-refractivity contribution < 1.29 is 4.74 Å². The number of para-hydroxylation sites is 1. The summed E-state index contributed by atoms with van der Waals surface area (Å²) in [4.78, 5) is 5.54. The molecule has 0 fully saturated rings. The van der Waals surface area contributed by atoms with Crippen molar-refractivity contribution >= 4 is 11.3 Å². The number of aromatic nitrogens is 1. The van der Waals surface area contributed by atoms with Gasteiger partial charge in [0.15, 0.2) is 0 Å². The molecule has 90 valence electrons. The van der Waals surface area contributed by atoms with Crippen molar-refractivity contribution in [2.75, 3.05) is 14.2 Å². The number of thiazole rings is 1. The summed E-state index contributed by atoms with van der Waals surface area (Å²) in [6.07, 6.45) is 0. The molecular weight excluding hydrogens is 232 g/mol. The molecule has 1 heterocycles. The Morgan fingerprint density at radius 3 is 2.71 bits per heavy atom. The Labute approximate surface area is 105 Å². The minimum atomic E-state index is 0.138. The first-order valence-corrected chi connectivity index (χ1v) is 6.36. The van der Waals surface area contributed by atoms with Gasteiger partial charge in [-0.05, 0) is 20.0 Å². The smallest absolute Gasteiger partial charge is 0.124 e. The molecule has 1 aromatic carbocycles. The van der Waals surface area contributed by atoms with E-state index in [1.165, 1.54) is 4.88 Å². The maximum atomic E-state index is 5.41. The second-order valence-corrected chi connectivity index (χ2v) is 4.65. The lowest BCUT2D eigenvalue weighted by atomic mass is 10.0. The highest BCUT2D eigenvalue weighted by Gasteiger charge is 2.19. The zero-order valence-corrected chi connectivity index (χ0v) is 11.0. The monoisotopic (exact) mass is 248 g/mol. The molecule has 2 aromatic rings. The number of hydrogen-bond acceptors (Lipinski definition) is 4. The summed E-state index contributed by atoms with van der Waals surface area (Å²) in [6, 6.07) is 8.21. The molecule has 2 rings (SSSR count). The summed E-state index contributed by atoms with van der Waals surface area (Å²) in [7, 11) is 3.65. The van der Waals surface area contributed by atoms with Crippen LogP contribution >= 0.6 is 11.3 Å². The normalized spacial score (nSPS) is 12.4. The summed E-state index contributed by atoms with van der Waals surface area (Å²) >= 11 is 1.67. The van der Waals surface area contributed by atoms with Gasteiger partial charge in [-0.2, -0.15) is 0 Å². The van der Waals surface area contributed by atoms with Gasteiger partial charge in [-0.15, -0.1) is 11.3 Å². The average molecular weight is 248 g/mol. The SMILES string of the molecule is CNC(c1ccccc1OC)c1scnc1C. The molecule has 0 aliphatic heterocycles. The van der Waals surface area contributed by atoms with E-state index in [1.54, 1.807) is 18.4 Å². The molecule has 0 aliphatic rings. The van der Waals surface area contributed by atoms with Crippen LogP contribution in [0.5, 0.6) is 5.75 Å². The van der Waals surface area contributed by atoms with Crippen LogP contribution in [-0.4, -0.2) is 19.1 Å². The van der Waals surface area contributed by atoms with Gasteiger partial charge in [-0.25, -0.2) is 4.98 Å². The molecule has 1 aromatic heterocycles. The zero-order valence-electron chi connectivity index (χ0n) is 10.2. The third-order valence-corrected chi connectivity index (χ3v) is 3.78. The molecule has 0 saturated carbocycles. The van der Waals surface area contributed by atoms with Crippen LogP contribution in [0.25, 0.3) is 0 Å². The Morgan fingerprint density at radius 1 is 1.35 bits per heavy atom. The predicted molar refractivity (Wildman–Crippen MR) is 70.7 cm³/mol. The highest BCUT2D eigenvalue weighted by molar-refractivity contribution is 7.09. The molecule has 1 N–H and O–H groups in total. The fraction of sp³-hybridized carbons (Fsp3) is 0.308. The topological polar surface area (TPSA) is 34.1 Å². The zero-order chi connectivity index (χ0) is 12.3. The summed E-state index contributed by atoms with van der Waals surface area (Å²) in [5, 5.41) is 3.33. The molecule has 0 aliphatic carbocycles. The van der Waals surface area contributed by atoms with Crippen LogP contribution in [0.15, 0.2) is 29.8 Å². The lowest BCUT2D eigenvalue weighted by Crippen LogP contribution is -2.18. The third kappa shape index (κ3) is 2.33. The molecular formula is C13H16N2OS. The van der Waals surface area contributed by atoms with Gasteiger partial charge in [-0.3, -0.25) is 0 Å². The second kappa shape index (κ2) is 5.29. The van der Waals surface area contributed by atoms with Crippen molar-refractivity contribution in [2.45, 2.75) is 13.0 Å². The van der Waals surface area contributed by atoms with Crippen LogP contribution in [0.2, 0.25) is 0 Å². The van der Waals surface area contributed by atoms with Crippen LogP contribution < -0.4 is 10.1 Å². The lowest BCUT2D eigenvalue weighted by molar-refractivity contribution is 0.405. The molecule has 0 bridgehead atoms. The Balaban J connectivity index is 2.46. The number of hydrogen-bond donors (Lipinski definition) is 1. The van der Waals surface area contributed by atoms with E-state index in [0.29, 0.717) is 0 Å². The Hall–Kier alpha value is -1.39. The van der Waals surface area contributed by atoms with E-state index >= 15 is 0 Å². The van der Waals surface area contributed by atoms with Crippen LogP contribution in [0.4, 0.5) is 0 Å². The van der Waals surface area contributed by atoms with Gasteiger partial charge < -0.3 is 10.1 Å². The van der Waals surface area contributed by atoms with E-state index in [-0.39, 0.29) is 6.04 Å². The van der Waals surface area contributed by atoms with Gasteiger partial charge in [-0.1, -0.05) is 18.2 Å². The van der Waals surface area contributed by atoms with Crippen molar-refractivity contribution in [3.63, 3.8) is 0 Å². The molecule has 0 amide bonds. The van der Waals surface area contributed by atoms with Gasteiger partial charge in [0.2, 0.25) is 0 Å². The van der Waals surface area contributed by atoms with Crippen molar-refractivity contribution in [1.29, 1.82) is 0 Å². The Bertz CT molecular complexity index is 496. The first-order valence-electron chi connectivity index (χ1n) is 5.48. The van der Waals surface area contributed by atoms with Crippen molar-refractivity contribution in [3.8, 4) is 5.75 Å². The summed E-state index contributed by atoms with van der Waals surface area (Å²) < 4.78 is 5.41. The molecule has 1 unspecified atom stereocenters. The molecule has 0 radical (unpaired) electrons. The summed E-state index contributed by atoms with van der Waals surface area (Å²) in [5.41, 5.74) is 4.09. The van der Waals surface area contributed by atoms with Gasteiger partial charge in [0.25, 0.3) is 0 Å². The second-order valence-electron chi connectivity index (χ2n) is 3.77. The molecule has 3 nitrogen and oxygen atoms in total. The van der Waals surface area contributed by atoms with Crippen molar-refractivity contribution in [1.82, 2.24) is 10.3 Å². The minimum absolute atomic E-state index is 0.138. The minimum Gasteiger partial charge on any atom is -0.496 e. The van der Waals surface area contributed by atoms with Crippen LogP contribution in [-0.2, 0) is 0 Å². The van der Waals surface area contributed by atoms with Crippen molar-refractivity contribution in [2.24, 2.45) is 0 Å². The quantitative estimate of drug-likeness (QED) is 0.903. The van der Waals surface area contributed by atoms with E-state index in [1.807, 2.05) is 37.7 Å². The van der Waals surface area contributed by atoms with Gasteiger partial charge in [0.1, 0.15) is 5.75 Å². The van der Waals surface area contributed by atoms with E-state index in [9.17, 15) is 0 Å². The standard InChI is InChI=1S/C13H16N2OS/c1-9-13(17-8-15-9)12(14-2)10-6-4-5-7-11(10)16-3/h4-8,12,14H,1-3H3. The number of rotatable bonds is 4. The first kappa shape index (κ1) is 12.1. The van der Waals surface area contributed by atoms with Crippen LogP contribution in [0, 0.1) is 6.92 Å². The molecule has 4 heteroatoms. The third-order valence-electron chi connectivity index (χ3n) is 2.78. The summed E-state index contributed by atoms with van der Waals surface area (Å²) in [5.74, 6) is 0.902. The highest BCUT2D eigenvalue weighted by atomic mass is 32.1. The van der Waals surface area contributed by atoms with Gasteiger partial charge in [0.05, 0.1) is 24.4 Å². The van der Waals surface area contributed by atoms with Crippen molar-refractivity contribution in [3.05, 3.63) is 45.9 Å². The summed E-state index contributed by atoms with van der Waals surface area (Å²) in [6.45, 7) is 2.03. The number of aryl methyl sites for hydroxylation is 1. The number of methoxy groups -OCH3 is 1. The first-order chi connectivity index (χ1) is 8.27. The molecule has 1 atom stereocenters. The number of nitrogens with zero attached hydrogens (tertiary/aromatic N) is 1. The lowest BCUT2D eigenvalue weighted by Gasteiger charge is -2.18. The van der Waals surface area contributed by atoms with E-state index in [2.05, 4.69) is 16.4 Å². The fourth-order valence-electron chi connectivity index (χ4n) is 1.92. The number of nitrogens with one attached hydrogen (secondary N) is 1. The highest BCUT2D eigenvalue weighted by Crippen LogP contribution is 2.32. The Morgan fingerprint density at radius 2 is 2.12 bits per heavy atom. The average Bonchev–Trinajstić information content (AvgIpc) is 2.78. The van der Waals surface area contributed by atoms with E-state index in [0.717, 1.165) is 17.0 Å². The Kier molecular flexibility index (Phi) is 3.76. The largest absolute Gasteiger partial charge is 0.496 e.